The first-order valence-electron chi connectivity index (χ1n) is 8.52. The van der Waals surface area contributed by atoms with Crippen molar-refractivity contribution >= 4 is 38.8 Å². The van der Waals surface area contributed by atoms with Crippen molar-refractivity contribution in [2.24, 2.45) is 5.92 Å². The Morgan fingerprint density at radius 1 is 1.12 bits per heavy atom. The van der Waals surface area contributed by atoms with Gasteiger partial charge in [-0.25, -0.2) is 0 Å². The highest BCUT2D eigenvalue weighted by molar-refractivity contribution is 6.19. The molecule has 0 aliphatic heterocycles. The monoisotopic (exact) mass is 330 g/mol. The second-order valence-corrected chi connectivity index (χ2v) is 6.80. The molecule has 25 heavy (non-hydrogen) atoms. The fourth-order valence-corrected chi connectivity index (χ4v) is 4.00. The molecule has 4 aromatic rings. The molecule has 3 aromatic carbocycles. The summed E-state index contributed by atoms with van der Waals surface area (Å²) in [7, 11) is 1.69. The van der Waals surface area contributed by atoms with Crippen molar-refractivity contribution in [2.45, 2.75) is 13.3 Å². The number of rotatable bonds is 1. The van der Waals surface area contributed by atoms with Gasteiger partial charge < -0.3 is 14.3 Å². The van der Waals surface area contributed by atoms with E-state index in [4.69, 9.17) is 9.15 Å². The molecule has 1 heterocycles. The molecule has 0 spiro atoms. The lowest BCUT2D eigenvalue weighted by Gasteiger charge is -2.17. The Balaban J connectivity index is 2.01. The number of furan rings is 1. The third kappa shape index (κ3) is 1.92. The minimum atomic E-state index is 0.314. The molecule has 0 fully saturated rings. The zero-order valence-corrected chi connectivity index (χ0v) is 14.2. The summed E-state index contributed by atoms with van der Waals surface area (Å²) in [4.78, 5) is 0. The number of phenolic OH excluding ortho intramolecular Hbond substituents is 1. The maximum absolute atomic E-state index is 10.5. The normalized spacial score (nSPS) is 16.6. The Morgan fingerprint density at radius 3 is 2.72 bits per heavy atom. The van der Waals surface area contributed by atoms with Crippen LogP contribution in [0.2, 0.25) is 0 Å². The van der Waals surface area contributed by atoms with E-state index in [1.807, 2.05) is 30.3 Å². The maximum Gasteiger partial charge on any atom is 0.143 e. The summed E-state index contributed by atoms with van der Waals surface area (Å²) >= 11 is 0. The second-order valence-electron chi connectivity index (χ2n) is 6.80. The highest BCUT2D eigenvalue weighted by atomic mass is 16.5. The van der Waals surface area contributed by atoms with Crippen LogP contribution in [0.3, 0.4) is 0 Å². The van der Waals surface area contributed by atoms with Crippen molar-refractivity contribution in [1.82, 2.24) is 0 Å². The van der Waals surface area contributed by atoms with E-state index in [2.05, 4.69) is 19.1 Å². The van der Waals surface area contributed by atoms with Gasteiger partial charge in [0.25, 0.3) is 0 Å². The molecule has 0 saturated carbocycles. The molecular formula is C22H18O3. The molecule has 0 saturated heterocycles. The minimum Gasteiger partial charge on any atom is -0.508 e. The number of hydrogen-bond acceptors (Lipinski definition) is 3. The standard InChI is InChI=1S/C22H18O3/c1-12-7-8-14-16(9-12)18(23)11-20-21(14)17-10-19(24-2)13-5-3-4-6-15(13)22(17)25-20/h3-8,10-12,23H,9H2,1-2H3. The van der Waals surface area contributed by atoms with E-state index in [9.17, 15) is 5.11 Å². The van der Waals surface area contributed by atoms with Crippen LogP contribution in [0.4, 0.5) is 0 Å². The van der Waals surface area contributed by atoms with Crippen molar-refractivity contribution in [3.05, 3.63) is 53.6 Å². The van der Waals surface area contributed by atoms with Crippen LogP contribution in [-0.2, 0) is 6.42 Å². The molecule has 124 valence electrons. The Morgan fingerprint density at radius 2 is 1.92 bits per heavy atom. The summed E-state index contributed by atoms with van der Waals surface area (Å²) < 4.78 is 11.8. The number of aromatic hydroxyl groups is 1. The number of hydrogen-bond donors (Lipinski definition) is 1. The van der Waals surface area contributed by atoms with Crippen molar-refractivity contribution in [2.75, 3.05) is 7.11 Å². The third-order valence-electron chi connectivity index (χ3n) is 5.19. The Labute approximate surface area is 145 Å². The van der Waals surface area contributed by atoms with E-state index in [0.29, 0.717) is 17.3 Å². The van der Waals surface area contributed by atoms with Gasteiger partial charge in [-0.3, -0.25) is 0 Å². The van der Waals surface area contributed by atoms with E-state index in [1.165, 1.54) is 0 Å². The summed E-state index contributed by atoms with van der Waals surface area (Å²) in [6.45, 7) is 2.16. The lowest BCUT2D eigenvalue weighted by molar-refractivity contribution is 0.420. The lowest BCUT2D eigenvalue weighted by atomic mass is 9.87. The van der Waals surface area contributed by atoms with Crippen LogP contribution in [-0.4, -0.2) is 12.2 Å². The smallest absolute Gasteiger partial charge is 0.143 e. The fourth-order valence-electron chi connectivity index (χ4n) is 4.00. The van der Waals surface area contributed by atoms with Gasteiger partial charge in [0.15, 0.2) is 0 Å². The molecule has 0 amide bonds. The number of allylic oxidation sites excluding steroid dienone is 1. The van der Waals surface area contributed by atoms with E-state index in [0.717, 1.165) is 50.4 Å². The van der Waals surface area contributed by atoms with Crippen LogP contribution < -0.4 is 4.74 Å². The van der Waals surface area contributed by atoms with E-state index in [-0.39, 0.29) is 0 Å². The van der Waals surface area contributed by atoms with Crippen molar-refractivity contribution in [3.8, 4) is 11.5 Å². The third-order valence-corrected chi connectivity index (χ3v) is 5.19. The molecule has 1 N–H and O–H groups in total. The first-order chi connectivity index (χ1) is 12.2. The van der Waals surface area contributed by atoms with Gasteiger partial charge in [0.05, 0.1) is 7.11 Å². The predicted molar refractivity (Wildman–Crippen MR) is 101 cm³/mol. The zero-order valence-electron chi connectivity index (χ0n) is 14.2. The number of fused-ring (bicyclic) bond motifs is 7. The van der Waals surface area contributed by atoms with Crippen molar-refractivity contribution in [1.29, 1.82) is 0 Å². The number of ether oxygens (including phenoxy) is 1. The molecule has 1 aliphatic rings. The molecule has 1 aromatic heterocycles. The summed E-state index contributed by atoms with van der Waals surface area (Å²) in [5.41, 5.74) is 3.61. The SMILES string of the molecule is COc1cc2c(oc3cc(O)c4c(c32)C=CC(C)C4)c2ccccc12. The Bertz CT molecular complexity index is 1180. The summed E-state index contributed by atoms with van der Waals surface area (Å²) in [6.07, 6.45) is 5.14. The fraction of sp³-hybridized carbons (Fsp3) is 0.182. The Hall–Kier alpha value is -2.94. The molecule has 3 heteroatoms. The average molecular weight is 330 g/mol. The maximum atomic E-state index is 10.5. The predicted octanol–water partition coefficient (Wildman–Crippen LogP) is 5.66. The van der Waals surface area contributed by atoms with Crippen LogP contribution in [0.1, 0.15) is 18.1 Å². The van der Waals surface area contributed by atoms with Crippen LogP contribution >= 0.6 is 0 Å². The van der Waals surface area contributed by atoms with Gasteiger partial charge >= 0.3 is 0 Å². The number of phenols is 1. The molecule has 0 radical (unpaired) electrons. The Kier molecular flexibility index (Phi) is 2.90. The van der Waals surface area contributed by atoms with Crippen LogP contribution in [0.15, 0.2) is 46.9 Å². The van der Waals surface area contributed by atoms with Crippen LogP contribution in [0, 0.1) is 5.92 Å². The topological polar surface area (TPSA) is 42.6 Å². The van der Waals surface area contributed by atoms with E-state index in [1.54, 1.807) is 13.2 Å². The number of benzene rings is 3. The van der Waals surface area contributed by atoms with Gasteiger partial charge in [0.1, 0.15) is 22.7 Å². The summed E-state index contributed by atoms with van der Waals surface area (Å²) in [6, 6.07) is 11.9. The quantitative estimate of drug-likeness (QED) is 0.490. The average Bonchev–Trinajstić information content (AvgIpc) is 2.99. The molecule has 0 bridgehead atoms. The van der Waals surface area contributed by atoms with E-state index >= 15 is 0 Å². The summed E-state index contributed by atoms with van der Waals surface area (Å²) in [5, 5.41) is 14.6. The van der Waals surface area contributed by atoms with Gasteiger partial charge in [-0.2, -0.15) is 0 Å². The molecule has 1 atom stereocenters. The molecule has 5 rings (SSSR count). The van der Waals surface area contributed by atoms with Crippen molar-refractivity contribution < 1.29 is 14.3 Å². The molecule has 3 nitrogen and oxygen atoms in total. The van der Waals surface area contributed by atoms with Gasteiger partial charge in [-0.05, 0) is 24.0 Å². The first kappa shape index (κ1) is 14.4. The van der Waals surface area contributed by atoms with Crippen LogP contribution in [0.25, 0.3) is 38.8 Å². The molecule has 1 aliphatic carbocycles. The highest BCUT2D eigenvalue weighted by Gasteiger charge is 2.22. The van der Waals surface area contributed by atoms with Gasteiger partial charge in [-0.1, -0.05) is 43.3 Å². The first-order valence-corrected chi connectivity index (χ1v) is 8.52. The summed E-state index contributed by atoms with van der Waals surface area (Å²) in [5.74, 6) is 1.57. The van der Waals surface area contributed by atoms with Crippen LogP contribution in [0.5, 0.6) is 11.5 Å². The number of methoxy groups -OCH3 is 1. The van der Waals surface area contributed by atoms with Crippen molar-refractivity contribution in [3.63, 3.8) is 0 Å². The second kappa shape index (κ2) is 5.03. The van der Waals surface area contributed by atoms with E-state index < -0.39 is 0 Å². The van der Waals surface area contributed by atoms with Gasteiger partial charge in [-0.15, -0.1) is 0 Å². The van der Waals surface area contributed by atoms with Gasteiger partial charge in [0.2, 0.25) is 0 Å². The molecular weight excluding hydrogens is 312 g/mol. The largest absolute Gasteiger partial charge is 0.508 e. The lowest BCUT2D eigenvalue weighted by Crippen LogP contribution is -2.03. The zero-order chi connectivity index (χ0) is 17.1. The van der Waals surface area contributed by atoms with Gasteiger partial charge in [0, 0.05) is 33.2 Å². The minimum absolute atomic E-state index is 0.314. The molecule has 1 unspecified atom stereocenters. The highest BCUT2D eigenvalue weighted by Crippen LogP contribution is 2.44.